The Morgan fingerprint density at radius 3 is 2.80 bits per heavy atom. The summed E-state index contributed by atoms with van der Waals surface area (Å²) in [5.74, 6) is 0.601. The quantitative estimate of drug-likeness (QED) is 0.826. The average molecular weight is 345 g/mol. The van der Waals surface area contributed by atoms with Gasteiger partial charge in [0.2, 0.25) is 5.91 Å². The molecule has 0 radical (unpaired) electrons. The second kappa shape index (κ2) is 8.68. The Morgan fingerprint density at radius 2 is 2.04 bits per heavy atom. The monoisotopic (exact) mass is 345 g/mol. The lowest BCUT2D eigenvalue weighted by molar-refractivity contribution is -0.124. The molecule has 0 aliphatic carbocycles. The Hall–Kier alpha value is -1.59. The Balaban J connectivity index is 1.42. The molecule has 2 fully saturated rings. The Kier molecular flexibility index (Phi) is 6.32. The number of likely N-dealkylation sites (tertiary alicyclic amines) is 1. The molecule has 2 heterocycles. The van der Waals surface area contributed by atoms with Crippen LogP contribution >= 0.6 is 0 Å². The van der Waals surface area contributed by atoms with E-state index in [0.717, 1.165) is 51.9 Å². The van der Waals surface area contributed by atoms with Gasteiger partial charge in [-0.05, 0) is 50.8 Å². The van der Waals surface area contributed by atoms with Gasteiger partial charge in [0.25, 0.3) is 0 Å². The highest BCUT2D eigenvalue weighted by Crippen LogP contribution is 2.23. The second-order valence-electron chi connectivity index (χ2n) is 7.51. The zero-order valence-electron chi connectivity index (χ0n) is 15.2. The second-order valence-corrected chi connectivity index (χ2v) is 7.51. The van der Waals surface area contributed by atoms with E-state index in [4.69, 9.17) is 0 Å². The van der Waals surface area contributed by atoms with Crippen LogP contribution in [-0.2, 0) is 4.79 Å². The van der Waals surface area contributed by atoms with Gasteiger partial charge in [-0.3, -0.25) is 9.69 Å². The van der Waals surface area contributed by atoms with Crippen molar-refractivity contribution in [3.8, 4) is 0 Å². The van der Waals surface area contributed by atoms with Crippen molar-refractivity contribution in [2.75, 3.05) is 37.6 Å². The SMILES string of the molecule is CC(O)C1CCCCN1CC(=O)NCC1CCN(c2ccccc2)C1. The topological polar surface area (TPSA) is 55.8 Å². The van der Waals surface area contributed by atoms with Gasteiger partial charge >= 0.3 is 0 Å². The molecule has 3 atom stereocenters. The predicted molar refractivity (Wildman–Crippen MR) is 101 cm³/mol. The van der Waals surface area contributed by atoms with Crippen molar-refractivity contribution < 1.29 is 9.90 Å². The molecule has 25 heavy (non-hydrogen) atoms. The van der Waals surface area contributed by atoms with E-state index in [1.807, 2.05) is 13.0 Å². The van der Waals surface area contributed by atoms with Gasteiger partial charge in [0.1, 0.15) is 0 Å². The highest BCUT2D eigenvalue weighted by molar-refractivity contribution is 5.78. The molecule has 0 bridgehead atoms. The van der Waals surface area contributed by atoms with Crippen molar-refractivity contribution in [3.63, 3.8) is 0 Å². The summed E-state index contributed by atoms with van der Waals surface area (Å²) in [4.78, 5) is 16.9. The third-order valence-corrected chi connectivity index (χ3v) is 5.56. The number of piperidine rings is 1. The minimum Gasteiger partial charge on any atom is -0.392 e. The average Bonchev–Trinajstić information content (AvgIpc) is 3.10. The zero-order valence-corrected chi connectivity index (χ0v) is 15.2. The van der Waals surface area contributed by atoms with Gasteiger partial charge in [0.15, 0.2) is 0 Å². The molecular weight excluding hydrogens is 314 g/mol. The normalized spacial score (nSPS) is 25.8. The summed E-state index contributed by atoms with van der Waals surface area (Å²) in [5.41, 5.74) is 1.27. The summed E-state index contributed by atoms with van der Waals surface area (Å²) < 4.78 is 0. The molecule has 2 aliphatic rings. The first-order valence-electron chi connectivity index (χ1n) is 9.62. The van der Waals surface area contributed by atoms with Crippen molar-refractivity contribution in [1.82, 2.24) is 10.2 Å². The summed E-state index contributed by atoms with van der Waals surface area (Å²) in [6.45, 7) is 5.96. The number of hydrogen-bond acceptors (Lipinski definition) is 4. The number of rotatable bonds is 6. The lowest BCUT2D eigenvalue weighted by Gasteiger charge is -2.36. The molecule has 3 unspecified atom stereocenters. The molecule has 5 heteroatoms. The van der Waals surface area contributed by atoms with Crippen LogP contribution in [0.5, 0.6) is 0 Å². The molecule has 2 saturated heterocycles. The van der Waals surface area contributed by atoms with Gasteiger partial charge in [-0.25, -0.2) is 0 Å². The number of aliphatic hydroxyl groups is 1. The van der Waals surface area contributed by atoms with Crippen LogP contribution < -0.4 is 10.2 Å². The van der Waals surface area contributed by atoms with E-state index in [1.165, 1.54) is 5.69 Å². The number of nitrogens with zero attached hydrogens (tertiary/aromatic N) is 2. The number of nitrogens with one attached hydrogen (secondary N) is 1. The van der Waals surface area contributed by atoms with Crippen molar-refractivity contribution in [2.24, 2.45) is 5.92 Å². The number of benzene rings is 1. The van der Waals surface area contributed by atoms with Crippen molar-refractivity contribution >= 4 is 11.6 Å². The van der Waals surface area contributed by atoms with E-state index in [-0.39, 0.29) is 18.1 Å². The fraction of sp³-hybridized carbons (Fsp3) is 0.650. The molecular formula is C20H31N3O2. The van der Waals surface area contributed by atoms with E-state index in [2.05, 4.69) is 39.4 Å². The molecule has 0 saturated carbocycles. The Labute approximate surface area is 151 Å². The summed E-state index contributed by atoms with van der Waals surface area (Å²) >= 11 is 0. The number of para-hydroxylation sites is 1. The molecule has 1 aromatic rings. The Morgan fingerprint density at radius 1 is 1.24 bits per heavy atom. The first kappa shape index (κ1) is 18.2. The van der Waals surface area contributed by atoms with E-state index < -0.39 is 0 Å². The van der Waals surface area contributed by atoms with Gasteiger partial charge < -0.3 is 15.3 Å². The van der Waals surface area contributed by atoms with Gasteiger partial charge in [-0.15, -0.1) is 0 Å². The third kappa shape index (κ3) is 4.95. The van der Waals surface area contributed by atoms with Crippen LogP contribution in [0.15, 0.2) is 30.3 Å². The highest BCUT2D eigenvalue weighted by Gasteiger charge is 2.28. The molecule has 138 valence electrons. The minimum absolute atomic E-state index is 0.0886. The third-order valence-electron chi connectivity index (χ3n) is 5.56. The van der Waals surface area contributed by atoms with Gasteiger partial charge in [-0.2, -0.15) is 0 Å². The first-order chi connectivity index (χ1) is 12.1. The van der Waals surface area contributed by atoms with E-state index in [9.17, 15) is 9.90 Å². The van der Waals surface area contributed by atoms with Crippen LogP contribution in [0, 0.1) is 5.92 Å². The van der Waals surface area contributed by atoms with Gasteiger partial charge in [0, 0.05) is 31.4 Å². The molecule has 2 aliphatic heterocycles. The maximum atomic E-state index is 12.3. The largest absolute Gasteiger partial charge is 0.392 e. The number of carbonyl (C=O) groups excluding carboxylic acids is 1. The lowest BCUT2D eigenvalue weighted by atomic mass is 9.98. The van der Waals surface area contributed by atoms with Crippen molar-refractivity contribution in [3.05, 3.63) is 30.3 Å². The number of amides is 1. The number of aliphatic hydroxyl groups excluding tert-OH is 1. The summed E-state index contributed by atoms with van der Waals surface area (Å²) in [6.07, 6.45) is 3.99. The van der Waals surface area contributed by atoms with Crippen LogP contribution in [0.1, 0.15) is 32.6 Å². The lowest BCUT2D eigenvalue weighted by Crippen LogP contribution is -2.50. The number of carbonyl (C=O) groups is 1. The van der Waals surface area contributed by atoms with Crippen molar-refractivity contribution in [1.29, 1.82) is 0 Å². The molecule has 0 spiro atoms. The standard InChI is InChI=1S/C20H31N3O2/c1-16(24)19-9-5-6-11-23(19)15-20(25)21-13-17-10-12-22(14-17)18-7-3-2-4-8-18/h2-4,7-8,16-17,19,24H,5-6,9-15H2,1H3,(H,21,25). The molecule has 1 amide bonds. The smallest absolute Gasteiger partial charge is 0.234 e. The fourth-order valence-corrected chi connectivity index (χ4v) is 4.13. The minimum atomic E-state index is -0.373. The van der Waals surface area contributed by atoms with Crippen molar-refractivity contribution in [2.45, 2.75) is 44.8 Å². The van der Waals surface area contributed by atoms with Gasteiger partial charge in [0.05, 0.1) is 12.6 Å². The maximum absolute atomic E-state index is 12.3. The summed E-state index contributed by atoms with van der Waals surface area (Å²) in [5, 5.41) is 13.0. The first-order valence-corrected chi connectivity index (χ1v) is 9.62. The Bertz CT molecular complexity index is 549. The van der Waals surface area contributed by atoms with E-state index >= 15 is 0 Å². The van der Waals surface area contributed by atoms with E-state index in [0.29, 0.717) is 12.5 Å². The van der Waals surface area contributed by atoms with Crippen LogP contribution in [-0.4, -0.2) is 60.8 Å². The fourth-order valence-electron chi connectivity index (χ4n) is 4.13. The number of anilines is 1. The predicted octanol–water partition coefficient (Wildman–Crippen LogP) is 1.86. The molecule has 2 N–H and O–H groups in total. The molecule has 1 aromatic carbocycles. The molecule has 0 aromatic heterocycles. The summed E-state index contributed by atoms with van der Waals surface area (Å²) in [7, 11) is 0. The van der Waals surface area contributed by atoms with Crippen LogP contribution in [0.2, 0.25) is 0 Å². The van der Waals surface area contributed by atoms with Crippen LogP contribution in [0.4, 0.5) is 5.69 Å². The molecule has 5 nitrogen and oxygen atoms in total. The van der Waals surface area contributed by atoms with Gasteiger partial charge in [-0.1, -0.05) is 24.6 Å². The van der Waals surface area contributed by atoms with Crippen LogP contribution in [0.3, 0.4) is 0 Å². The summed E-state index contributed by atoms with van der Waals surface area (Å²) in [6, 6.07) is 10.6. The maximum Gasteiger partial charge on any atom is 0.234 e. The highest BCUT2D eigenvalue weighted by atomic mass is 16.3. The zero-order chi connectivity index (χ0) is 17.6. The molecule has 3 rings (SSSR count). The number of hydrogen-bond donors (Lipinski definition) is 2. The van der Waals surface area contributed by atoms with Crippen LogP contribution in [0.25, 0.3) is 0 Å². The van der Waals surface area contributed by atoms with E-state index in [1.54, 1.807) is 0 Å².